The number of nitrogens with zero attached hydrogens (tertiary/aromatic N) is 3. The molecule has 1 saturated heterocycles. The molecule has 5 heteroatoms. The molecule has 0 spiro atoms. The van der Waals surface area contributed by atoms with Crippen molar-refractivity contribution in [1.82, 2.24) is 9.97 Å². The first-order valence-electron chi connectivity index (χ1n) is 7.82. The summed E-state index contributed by atoms with van der Waals surface area (Å²) in [7, 11) is 0. The highest BCUT2D eigenvalue weighted by Crippen LogP contribution is 2.39. The van der Waals surface area contributed by atoms with Crippen LogP contribution in [0.2, 0.25) is 0 Å². The zero-order valence-electron chi connectivity index (χ0n) is 12.1. The molecule has 1 aromatic heterocycles. The number of aromatic nitrogens is 2. The Bertz CT molecular complexity index is 465. The SMILES string of the molecule is CCCNc1ncc(F)c(N2CCCC3CCCC32)n1. The van der Waals surface area contributed by atoms with Gasteiger partial charge in [-0.15, -0.1) is 0 Å². The molecule has 0 radical (unpaired) electrons. The third-order valence-electron chi connectivity index (χ3n) is 4.52. The third kappa shape index (κ3) is 2.58. The fraction of sp³-hybridized carbons (Fsp3) is 0.733. The van der Waals surface area contributed by atoms with Crippen LogP contribution in [0.5, 0.6) is 0 Å². The van der Waals surface area contributed by atoms with E-state index in [-0.39, 0.29) is 5.82 Å². The summed E-state index contributed by atoms with van der Waals surface area (Å²) in [5.41, 5.74) is 0. The number of nitrogens with one attached hydrogen (secondary N) is 1. The van der Waals surface area contributed by atoms with Gasteiger partial charge in [-0.2, -0.15) is 4.98 Å². The molecule has 1 N–H and O–H groups in total. The smallest absolute Gasteiger partial charge is 0.224 e. The fourth-order valence-electron chi connectivity index (χ4n) is 3.60. The molecule has 0 bridgehead atoms. The maximum Gasteiger partial charge on any atom is 0.224 e. The van der Waals surface area contributed by atoms with Crippen LogP contribution in [0, 0.1) is 11.7 Å². The van der Waals surface area contributed by atoms with Crippen LogP contribution in [0.4, 0.5) is 16.2 Å². The number of fused-ring (bicyclic) bond motifs is 1. The van der Waals surface area contributed by atoms with Gasteiger partial charge in [-0.25, -0.2) is 9.37 Å². The molecular weight excluding hydrogens is 255 g/mol. The molecule has 2 heterocycles. The molecular formula is C15H23FN4. The van der Waals surface area contributed by atoms with E-state index in [2.05, 4.69) is 27.1 Å². The minimum Gasteiger partial charge on any atom is -0.354 e. The van der Waals surface area contributed by atoms with Crippen molar-refractivity contribution in [3.05, 3.63) is 12.0 Å². The molecule has 2 aliphatic rings. The van der Waals surface area contributed by atoms with Crippen LogP contribution < -0.4 is 10.2 Å². The Kier molecular flexibility index (Phi) is 4.03. The second-order valence-corrected chi connectivity index (χ2v) is 5.89. The van der Waals surface area contributed by atoms with Crippen molar-refractivity contribution in [2.45, 2.75) is 51.5 Å². The lowest BCUT2D eigenvalue weighted by molar-refractivity contribution is 0.357. The number of hydrogen-bond donors (Lipinski definition) is 1. The van der Waals surface area contributed by atoms with Gasteiger partial charge in [0, 0.05) is 19.1 Å². The van der Waals surface area contributed by atoms with Crippen molar-refractivity contribution in [2.75, 3.05) is 23.3 Å². The van der Waals surface area contributed by atoms with Crippen molar-refractivity contribution in [3.63, 3.8) is 0 Å². The van der Waals surface area contributed by atoms with Gasteiger partial charge in [-0.3, -0.25) is 0 Å². The van der Waals surface area contributed by atoms with Crippen molar-refractivity contribution in [1.29, 1.82) is 0 Å². The van der Waals surface area contributed by atoms with Gasteiger partial charge in [0.1, 0.15) is 0 Å². The van der Waals surface area contributed by atoms with Crippen molar-refractivity contribution in [2.24, 2.45) is 5.92 Å². The summed E-state index contributed by atoms with van der Waals surface area (Å²) in [6.45, 7) is 3.82. The molecule has 4 nitrogen and oxygen atoms in total. The molecule has 110 valence electrons. The van der Waals surface area contributed by atoms with Crippen LogP contribution in [-0.2, 0) is 0 Å². The second kappa shape index (κ2) is 5.94. The van der Waals surface area contributed by atoms with Gasteiger partial charge in [-0.1, -0.05) is 13.3 Å². The summed E-state index contributed by atoms with van der Waals surface area (Å²) >= 11 is 0. The highest BCUT2D eigenvalue weighted by molar-refractivity contribution is 5.46. The first kappa shape index (κ1) is 13.6. The Hall–Kier alpha value is -1.39. The molecule has 2 atom stereocenters. The molecule has 20 heavy (non-hydrogen) atoms. The topological polar surface area (TPSA) is 41.1 Å². The Morgan fingerprint density at radius 3 is 3.05 bits per heavy atom. The molecule has 2 unspecified atom stereocenters. The normalized spacial score (nSPS) is 25.6. The Balaban J connectivity index is 1.84. The van der Waals surface area contributed by atoms with E-state index in [0.717, 1.165) is 31.8 Å². The van der Waals surface area contributed by atoms with Crippen molar-refractivity contribution in [3.8, 4) is 0 Å². The largest absolute Gasteiger partial charge is 0.354 e. The van der Waals surface area contributed by atoms with E-state index in [1.165, 1.54) is 31.9 Å². The average molecular weight is 278 g/mol. The highest BCUT2D eigenvalue weighted by Gasteiger charge is 2.36. The van der Waals surface area contributed by atoms with E-state index in [4.69, 9.17) is 0 Å². The van der Waals surface area contributed by atoms with Gasteiger partial charge in [0.15, 0.2) is 11.6 Å². The van der Waals surface area contributed by atoms with E-state index < -0.39 is 0 Å². The Labute approximate surface area is 119 Å². The van der Waals surface area contributed by atoms with Crippen molar-refractivity contribution < 1.29 is 4.39 Å². The van der Waals surface area contributed by atoms with E-state index in [1.54, 1.807) is 0 Å². The first-order valence-corrected chi connectivity index (χ1v) is 7.82. The van der Waals surface area contributed by atoms with Crippen LogP contribution in [0.3, 0.4) is 0 Å². The summed E-state index contributed by atoms with van der Waals surface area (Å²) in [5, 5.41) is 3.15. The summed E-state index contributed by atoms with van der Waals surface area (Å²) in [4.78, 5) is 10.6. The van der Waals surface area contributed by atoms with Gasteiger partial charge < -0.3 is 10.2 Å². The highest BCUT2D eigenvalue weighted by atomic mass is 19.1. The van der Waals surface area contributed by atoms with Crippen LogP contribution >= 0.6 is 0 Å². The fourth-order valence-corrected chi connectivity index (χ4v) is 3.60. The zero-order chi connectivity index (χ0) is 13.9. The van der Waals surface area contributed by atoms with Crippen LogP contribution in [0.1, 0.15) is 45.4 Å². The van der Waals surface area contributed by atoms with Gasteiger partial charge in [0.05, 0.1) is 6.20 Å². The lowest BCUT2D eigenvalue weighted by Gasteiger charge is -2.38. The van der Waals surface area contributed by atoms with E-state index >= 15 is 0 Å². The maximum atomic E-state index is 14.1. The number of hydrogen-bond acceptors (Lipinski definition) is 4. The molecule has 1 aromatic rings. The van der Waals surface area contributed by atoms with E-state index in [9.17, 15) is 4.39 Å². The summed E-state index contributed by atoms with van der Waals surface area (Å²) in [5.74, 6) is 1.48. The monoisotopic (exact) mass is 278 g/mol. The molecule has 1 saturated carbocycles. The van der Waals surface area contributed by atoms with Gasteiger partial charge >= 0.3 is 0 Å². The van der Waals surface area contributed by atoms with Gasteiger partial charge in [0.2, 0.25) is 5.95 Å². The van der Waals surface area contributed by atoms with Crippen molar-refractivity contribution >= 4 is 11.8 Å². The summed E-state index contributed by atoms with van der Waals surface area (Å²) < 4.78 is 14.1. The number of piperidine rings is 1. The molecule has 1 aliphatic carbocycles. The average Bonchev–Trinajstić information content (AvgIpc) is 2.95. The third-order valence-corrected chi connectivity index (χ3v) is 4.52. The summed E-state index contributed by atoms with van der Waals surface area (Å²) in [6, 6.07) is 0.479. The Morgan fingerprint density at radius 1 is 1.35 bits per heavy atom. The Morgan fingerprint density at radius 2 is 2.20 bits per heavy atom. The number of halogens is 1. The molecule has 0 aromatic carbocycles. The molecule has 0 amide bonds. The lowest BCUT2D eigenvalue weighted by Crippen LogP contribution is -2.43. The second-order valence-electron chi connectivity index (χ2n) is 5.89. The van der Waals surface area contributed by atoms with Gasteiger partial charge in [0.25, 0.3) is 0 Å². The van der Waals surface area contributed by atoms with Crippen LogP contribution in [0.15, 0.2) is 6.20 Å². The number of rotatable bonds is 4. The quantitative estimate of drug-likeness (QED) is 0.918. The first-order chi connectivity index (χ1) is 9.79. The van der Waals surface area contributed by atoms with E-state index in [1.807, 2.05) is 0 Å². The predicted octanol–water partition coefficient (Wildman–Crippen LogP) is 3.21. The van der Waals surface area contributed by atoms with Crippen LogP contribution in [0.25, 0.3) is 0 Å². The minimum absolute atomic E-state index is 0.292. The maximum absolute atomic E-state index is 14.1. The van der Waals surface area contributed by atoms with Crippen LogP contribution in [-0.4, -0.2) is 29.1 Å². The predicted molar refractivity (Wildman–Crippen MR) is 78.5 cm³/mol. The molecule has 1 aliphatic heterocycles. The molecule has 2 fully saturated rings. The van der Waals surface area contributed by atoms with E-state index in [0.29, 0.717) is 17.8 Å². The summed E-state index contributed by atoms with van der Waals surface area (Å²) in [6.07, 6.45) is 8.46. The lowest BCUT2D eigenvalue weighted by atomic mass is 9.92. The zero-order valence-corrected chi connectivity index (χ0v) is 12.1. The minimum atomic E-state index is -0.292. The standard InChI is InChI=1S/C15H23FN4/c1-2-8-17-15-18-10-12(16)14(19-15)20-9-4-6-11-5-3-7-13(11)20/h10-11,13H,2-9H2,1H3,(H,17,18,19). The molecule has 3 rings (SSSR count). The number of anilines is 2. The van der Waals surface area contributed by atoms with Gasteiger partial charge in [-0.05, 0) is 38.0 Å².